The molecule has 1 aliphatic rings. The van der Waals surface area contributed by atoms with Gasteiger partial charge < -0.3 is 14.0 Å². The number of hydrogen-bond acceptors (Lipinski definition) is 7. The normalized spacial score (nSPS) is 27.0. The van der Waals surface area contributed by atoms with Gasteiger partial charge in [-0.2, -0.15) is 0 Å². The minimum Gasteiger partial charge on any atom is -0.748 e. The SMILES string of the molecule is COC(=O)C1CC(C(=O)OC)CC(S(=O)(=O)[O-])C1.[Na+]. The van der Waals surface area contributed by atoms with Gasteiger partial charge in [0.2, 0.25) is 0 Å². The molecule has 0 aliphatic heterocycles. The largest absolute Gasteiger partial charge is 1.00 e. The molecule has 0 aromatic rings. The first kappa shape index (κ1) is 18.9. The average Bonchev–Trinajstić information content (AvgIpc) is 2.35. The third-order valence-corrected chi connectivity index (χ3v) is 4.34. The molecule has 7 nitrogen and oxygen atoms in total. The molecule has 104 valence electrons. The van der Waals surface area contributed by atoms with Gasteiger partial charge in [0, 0.05) is 0 Å². The summed E-state index contributed by atoms with van der Waals surface area (Å²) < 4.78 is 42.2. The van der Waals surface area contributed by atoms with Crippen LogP contribution in [0.1, 0.15) is 19.3 Å². The molecular formula is C10H15NaO7S. The van der Waals surface area contributed by atoms with E-state index < -0.39 is 39.1 Å². The van der Waals surface area contributed by atoms with Gasteiger partial charge in [-0.3, -0.25) is 9.59 Å². The Labute approximate surface area is 134 Å². The number of rotatable bonds is 3. The van der Waals surface area contributed by atoms with Crippen LogP contribution in [-0.4, -0.2) is 44.4 Å². The predicted molar refractivity (Wildman–Crippen MR) is 58.3 cm³/mol. The summed E-state index contributed by atoms with van der Waals surface area (Å²) in [4.78, 5) is 22.8. The summed E-state index contributed by atoms with van der Waals surface area (Å²) in [6.45, 7) is 0. The summed E-state index contributed by atoms with van der Waals surface area (Å²) in [6.07, 6.45) is -0.0661. The molecule has 2 atom stereocenters. The van der Waals surface area contributed by atoms with Crippen LogP contribution in [0, 0.1) is 11.8 Å². The van der Waals surface area contributed by atoms with Gasteiger partial charge >= 0.3 is 41.5 Å². The molecule has 1 saturated carbocycles. The van der Waals surface area contributed by atoms with Crippen LogP contribution in [0.5, 0.6) is 0 Å². The molecule has 2 unspecified atom stereocenters. The van der Waals surface area contributed by atoms with E-state index in [1.165, 1.54) is 14.2 Å². The zero-order valence-corrected chi connectivity index (χ0v) is 13.9. The Bertz CT molecular complexity index is 409. The first-order chi connectivity index (χ1) is 8.29. The molecular weight excluding hydrogens is 287 g/mol. The van der Waals surface area contributed by atoms with Crippen LogP contribution in [0.4, 0.5) is 0 Å². The van der Waals surface area contributed by atoms with E-state index in [9.17, 15) is 22.6 Å². The van der Waals surface area contributed by atoms with Gasteiger partial charge in [-0.15, -0.1) is 0 Å². The van der Waals surface area contributed by atoms with E-state index in [2.05, 4.69) is 9.47 Å². The topological polar surface area (TPSA) is 110 Å². The molecule has 19 heavy (non-hydrogen) atoms. The summed E-state index contributed by atoms with van der Waals surface area (Å²) >= 11 is 0. The van der Waals surface area contributed by atoms with E-state index in [0.29, 0.717) is 0 Å². The van der Waals surface area contributed by atoms with Crippen molar-refractivity contribution in [2.45, 2.75) is 24.5 Å². The number of esters is 2. The van der Waals surface area contributed by atoms with Gasteiger partial charge in [0.25, 0.3) is 0 Å². The van der Waals surface area contributed by atoms with Crippen molar-refractivity contribution in [2.75, 3.05) is 14.2 Å². The quantitative estimate of drug-likeness (QED) is 0.304. The fourth-order valence-corrected chi connectivity index (χ4v) is 3.16. The van der Waals surface area contributed by atoms with Gasteiger partial charge in [0.05, 0.1) is 41.4 Å². The third-order valence-electron chi connectivity index (χ3n) is 3.14. The maximum absolute atomic E-state index is 11.4. The third kappa shape index (κ3) is 5.03. The van der Waals surface area contributed by atoms with Crippen LogP contribution in [0.25, 0.3) is 0 Å². The van der Waals surface area contributed by atoms with Crippen molar-refractivity contribution in [3.05, 3.63) is 0 Å². The van der Waals surface area contributed by atoms with Gasteiger partial charge in [0.1, 0.15) is 0 Å². The Morgan fingerprint density at radius 1 is 1.00 bits per heavy atom. The van der Waals surface area contributed by atoms with Gasteiger partial charge in [-0.25, -0.2) is 8.42 Å². The second-order valence-electron chi connectivity index (χ2n) is 4.26. The van der Waals surface area contributed by atoms with E-state index in [1.54, 1.807) is 0 Å². The fourth-order valence-electron chi connectivity index (χ4n) is 2.22. The smallest absolute Gasteiger partial charge is 0.748 e. The van der Waals surface area contributed by atoms with Crippen molar-refractivity contribution < 1.29 is 61.6 Å². The molecule has 0 saturated heterocycles. The Balaban J connectivity index is 0.00000324. The molecule has 1 rings (SSSR count). The maximum Gasteiger partial charge on any atom is 1.00 e. The van der Waals surface area contributed by atoms with Crippen molar-refractivity contribution in [3.8, 4) is 0 Å². The summed E-state index contributed by atoms with van der Waals surface area (Å²) in [7, 11) is -2.20. The van der Waals surface area contributed by atoms with Crippen LogP contribution >= 0.6 is 0 Å². The van der Waals surface area contributed by atoms with Gasteiger partial charge in [-0.1, -0.05) is 0 Å². The van der Waals surface area contributed by atoms with Crippen LogP contribution in [0.3, 0.4) is 0 Å². The standard InChI is InChI=1S/C10H16O7S.Na/c1-16-9(11)6-3-7(10(12)17-2)5-8(4-6)18(13,14)15;/h6-8H,3-5H2,1-2H3,(H,13,14,15);/q;+1/p-1. The first-order valence-electron chi connectivity index (χ1n) is 5.40. The van der Waals surface area contributed by atoms with Crippen molar-refractivity contribution in [2.24, 2.45) is 11.8 Å². The van der Waals surface area contributed by atoms with Crippen LogP contribution in [0.2, 0.25) is 0 Å². The van der Waals surface area contributed by atoms with Crippen molar-refractivity contribution in [1.82, 2.24) is 0 Å². The van der Waals surface area contributed by atoms with E-state index in [0.717, 1.165) is 0 Å². The van der Waals surface area contributed by atoms with Crippen molar-refractivity contribution in [1.29, 1.82) is 0 Å². The second-order valence-corrected chi connectivity index (χ2v) is 5.91. The Morgan fingerprint density at radius 2 is 1.37 bits per heavy atom. The van der Waals surface area contributed by atoms with Crippen LogP contribution in [-0.2, 0) is 29.2 Å². The average molecular weight is 302 g/mol. The minimum atomic E-state index is -4.54. The zero-order chi connectivity index (χ0) is 13.9. The van der Waals surface area contributed by atoms with E-state index in [4.69, 9.17) is 0 Å². The first-order valence-corrected chi connectivity index (χ1v) is 6.87. The van der Waals surface area contributed by atoms with Crippen molar-refractivity contribution >= 4 is 22.1 Å². The molecule has 0 amide bonds. The zero-order valence-electron chi connectivity index (χ0n) is 11.1. The molecule has 0 aromatic carbocycles. The molecule has 0 aromatic heterocycles. The fraction of sp³-hybridized carbons (Fsp3) is 0.800. The van der Waals surface area contributed by atoms with Gasteiger partial charge in [0.15, 0.2) is 0 Å². The molecule has 0 radical (unpaired) electrons. The number of ether oxygens (including phenoxy) is 2. The van der Waals surface area contributed by atoms with Crippen LogP contribution < -0.4 is 29.6 Å². The monoisotopic (exact) mass is 302 g/mol. The summed E-state index contributed by atoms with van der Waals surface area (Å²) in [5.41, 5.74) is 0. The maximum atomic E-state index is 11.4. The summed E-state index contributed by atoms with van der Waals surface area (Å²) in [6, 6.07) is 0. The summed E-state index contributed by atoms with van der Waals surface area (Å²) in [5.74, 6) is -2.75. The van der Waals surface area contributed by atoms with Crippen molar-refractivity contribution in [3.63, 3.8) is 0 Å². The Kier molecular flexibility index (Phi) is 7.52. The molecule has 0 N–H and O–H groups in total. The Hall–Kier alpha value is -0.150. The van der Waals surface area contributed by atoms with E-state index >= 15 is 0 Å². The minimum absolute atomic E-state index is 0. The predicted octanol–water partition coefficient (Wildman–Crippen LogP) is -3.33. The van der Waals surface area contributed by atoms with Gasteiger partial charge in [-0.05, 0) is 19.3 Å². The number of hydrogen-bond donors (Lipinski definition) is 0. The van der Waals surface area contributed by atoms with E-state index in [-0.39, 0.29) is 48.8 Å². The number of carbonyl (C=O) groups excluding carboxylic acids is 2. The molecule has 9 heteroatoms. The summed E-state index contributed by atoms with van der Waals surface area (Å²) in [5, 5.41) is -1.25. The molecule has 0 heterocycles. The molecule has 1 fully saturated rings. The molecule has 0 spiro atoms. The number of methoxy groups -OCH3 is 2. The number of carbonyl (C=O) groups is 2. The van der Waals surface area contributed by atoms with Crippen LogP contribution in [0.15, 0.2) is 0 Å². The molecule has 1 aliphatic carbocycles. The Morgan fingerprint density at radius 3 is 1.63 bits per heavy atom. The molecule has 0 bridgehead atoms. The second kappa shape index (κ2) is 7.58. The van der Waals surface area contributed by atoms with E-state index in [1.807, 2.05) is 0 Å².